The van der Waals surface area contributed by atoms with Crippen molar-refractivity contribution in [3.63, 3.8) is 0 Å². The third-order valence-corrected chi connectivity index (χ3v) is 7.37. The van der Waals surface area contributed by atoms with Crippen molar-refractivity contribution in [1.82, 2.24) is 20.0 Å². The summed E-state index contributed by atoms with van der Waals surface area (Å²) in [6, 6.07) is 28.7. The highest BCUT2D eigenvalue weighted by molar-refractivity contribution is 6.30. The van der Waals surface area contributed by atoms with Crippen LogP contribution in [-0.4, -0.2) is 65.9 Å². The zero-order valence-corrected chi connectivity index (χ0v) is 21.0. The predicted molar refractivity (Wildman–Crippen MR) is 141 cm³/mol. The number of nitrogens with zero attached hydrogens (tertiary/aromatic N) is 3. The third kappa shape index (κ3) is 5.62. The number of rotatable bonds is 6. The molecule has 1 unspecified atom stereocenters. The molecule has 6 nitrogen and oxygen atoms in total. The number of hydrogen-bond acceptors (Lipinski definition) is 4. The smallest absolute Gasteiger partial charge is 0.242 e. The Morgan fingerprint density at radius 2 is 1.44 bits per heavy atom. The highest BCUT2D eigenvalue weighted by Gasteiger charge is 2.31. The number of nitrogens with one attached hydrogen (secondary N) is 1. The standard InChI is InChI=1S/C29H31ClN4O2/c30-25-13-11-22(12-14-25)26-19-27(35)34(21-31-26)20-28(36)32-15-17-33(18-16-32)29(23-7-3-1-4-8-23)24-9-5-2-6-10-24/h1-14,26,29,31H,15-21H2. The lowest BCUT2D eigenvalue weighted by molar-refractivity contribution is -0.144. The quantitative estimate of drug-likeness (QED) is 0.551. The Hall–Kier alpha value is -3.19. The van der Waals surface area contributed by atoms with E-state index in [-0.39, 0.29) is 30.4 Å². The molecule has 0 bridgehead atoms. The number of benzene rings is 3. The lowest BCUT2D eigenvalue weighted by Gasteiger charge is -2.40. The van der Waals surface area contributed by atoms with E-state index in [4.69, 9.17) is 11.6 Å². The van der Waals surface area contributed by atoms with Gasteiger partial charge in [0.1, 0.15) is 6.54 Å². The van der Waals surface area contributed by atoms with Crippen molar-refractivity contribution in [2.45, 2.75) is 18.5 Å². The average Bonchev–Trinajstić information content (AvgIpc) is 2.92. The molecule has 3 aromatic rings. The van der Waals surface area contributed by atoms with Gasteiger partial charge in [-0.25, -0.2) is 0 Å². The summed E-state index contributed by atoms with van der Waals surface area (Å²) in [5, 5.41) is 4.06. The maximum Gasteiger partial charge on any atom is 0.242 e. The van der Waals surface area contributed by atoms with Gasteiger partial charge in [-0.1, -0.05) is 84.4 Å². The first-order chi connectivity index (χ1) is 17.6. The van der Waals surface area contributed by atoms with Crippen LogP contribution in [0.1, 0.15) is 35.2 Å². The van der Waals surface area contributed by atoms with Crippen LogP contribution < -0.4 is 5.32 Å². The summed E-state index contributed by atoms with van der Waals surface area (Å²) in [6.45, 7) is 3.34. The molecule has 2 amide bonds. The van der Waals surface area contributed by atoms with E-state index in [1.54, 1.807) is 4.90 Å². The van der Waals surface area contributed by atoms with Crippen molar-refractivity contribution >= 4 is 23.4 Å². The van der Waals surface area contributed by atoms with Crippen molar-refractivity contribution in [2.24, 2.45) is 0 Å². The van der Waals surface area contributed by atoms with Crippen LogP contribution in [0.2, 0.25) is 5.02 Å². The minimum absolute atomic E-state index is 0.00529. The molecule has 0 radical (unpaired) electrons. The minimum atomic E-state index is -0.0578. The van der Waals surface area contributed by atoms with Crippen LogP contribution in [0, 0.1) is 0 Å². The van der Waals surface area contributed by atoms with Crippen LogP contribution in [0.25, 0.3) is 0 Å². The summed E-state index contributed by atoms with van der Waals surface area (Å²) in [5.74, 6) is -0.000352. The predicted octanol–water partition coefficient (Wildman–Crippen LogP) is 4.09. The van der Waals surface area contributed by atoms with Gasteiger partial charge in [-0.3, -0.25) is 19.8 Å². The molecule has 0 spiro atoms. The van der Waals surface area contributed by atoms with Gasteiger partial charge in [-0.15, -0.1) is 0 Å². The molecule has 2 heterocycles. The zero-order chi connectivity index (χ0) is 24.9. The second kappa shape index (κ2) is 11.2. The van der Waals surface area contributed by atoms with Crippen LogP contribution >= 0.6 is 11.6 Å². The summed E-state index contributed by atoms with van der Waals surface area (Å²) < 4.78 is 0. The van der Waals surface area contributed by atoms with Crippen LogP contribution in [0.4, 0.5) is 0 Å². The maximum atomic E-state index is 13.1. The molecule has 0 aliphatic carbocycles. The number of piperazine rings is 1. The van der Waals surface area contributed by atoms with E-state index in [0.29, 0.717) is 31.2 Å². The molecule has 7 heteroatoms. The van der Waals surface area contributed by atoms with Gasteiger partial charge < -0.3 is 9.80 Å². The van der Waals surface area contributed by atoms with Crippen LogP contribution in [0.3, 0.4) is 0 Å². The first-order valence-corrected chi connectivity index (χ1v) is 12.8. The summed E-state index contributed by atoms with van der Waals surface area (Å²) in [5.41, 5.74) is 3.54. The molecule has 2 fully saturated rings. The highest BCUT2D eigenvalue weighted by atomic mass is 35.5. The fraction of sp³-hybridized carbons (Fsp3) is 0.310. The van der Waals surface area contributed by atoms with E-state index in [0.717, 1.165) is 18.7 Å². The third-order valence-electron chi connectivity index (χ3n) is 7.12. The fourth-order valence-corrected chi connectivity index (χ4v) is 5.26. The zero-order valence-electron chi connectivity index (χ0n) is 20.2. The van der Waals surface area contributed by atoms with E-state index >= 15 is 0 Å². The van der Waals surface area contributed by atoms with Gasteiger partial charge in [0.05, 0.1) is 12.7 Å². The Labute approximate surface area is 217 Å². The maximum absolute atomic E-state index is 13.1. The second-order valence-electron chi connectivity index (χ2n) is 9.40. The van der Waals surface area contributed by atoms with Gasteiger partial charge >= 0.3 is 0 Å². The van der Waals surface area contributed by atoms with Crippen LogP contribution in [0.5, 0.6) is 0 Å². The molecule has 2 saturated heterocycles. The van der Waals surface area contributed by atoms with Gasteiger partial charge in [0, 0.05) is 43.7 Å². The van der Waals surface area contributed by atoms with E-state index in [2.05, 4.69) is 58.7 Å². The molecule has 0 saturated carbocycles. The molecule has 3 aromatic carbocycles. The van der Waals surface area contributed by atoms with Crippen molar-refractivity contribution in [3.05, 3.63) is 107 Å². The second-order valence-corrected chi connectivity index (χ2v) is 9.84. The van der Waals surface area contributed by atoms with Crippen molar-refractivity contribution in [1.29, 1.82) is 0 Å². The van der Waals surface area contributed by atoms with Crippen LogP contribution in [0.15, 0.2) is 84.9 Å². The lowest BCUT2D eigenvalue weighted by Crippen LogP contribution is -2.55. The monoisotopic (exact) mass is 502 g/mol. The number of amides is 2. The Morgan fingerprint density at radius 3 is 2.00 bits per heavy atom. The van der Waals surface area contributed by atoms with Gasteiger partial charge in [-0.05, 0) is 28.8 Å². The number of hydrogen-bond donors (Lipinski definition) is 1. The Kier molecular flexibility index (Phi) is 7.66. The van der Waals surface area contributed by atoms with Crippen molar-refractivity contribution < 1.29 is 9.59 Å². The molecule has 1 N–H and O–H groups in total. The fourth-order valence-electron chi connectivity index (χ4n) is 5.14. The topological polar surface area (TPSA) is 55.9 Å². The molecular weight excluding hydrogens is 472 g/mol. The average molecular weight is 503 g/mol. The Balaban J connectivity index is 1.17. The van der Waals surface area contributed by atoms with E-state index in [9.17, 15) is 9.59 Å². The van der Waals surface area contributed by atoms with Gasteiger partial charge in [0.2, 0.25) is 11.8 Å². The minimum Gasteiger partial charge on any atom is -0.339 e. The number of carbonyl (C=O) groups is 2. The number of halogens is 1. The molecule has 36 heavy (non-hydrogen) atoms. The number of carbonyl (C=O) groups excluding carboxylic acids is 2. The molecule has 2 aliphatic heterocycles. The van der Waals surface area contributed by atoms with E-state index in [1.807, 2.05) is 41.3 Å². The highest BCUT2D eigenvalue weighted by Crippen LogP contribution is 2.29. The van der Waals surface area contributed by atoms with Gasteiger partial charge in [0.15, 0.2) is 0 Å². The van der Waals surface area contributed by atoms with Gasteiger partial charge in [-0.2, -0.15) is 0 Å². The Morgan fingerprint density at radius 1 is 0.861 bits per heavy atom. The molecule has 186 valence electrons. The normalized spacial score (nSPS) is 19.1. The summed E-state index contributed by atoms with van der Waals surface area (Å²) >= 11 is 5.98. The summed E-state index contributed by atoms with van der Waals surface area (Å²) in [7, 11) is 0. The molecule has 5 rings (SSSR count). The SMILES string of the molecule is O=C(CN1CNC(c2ccc(Cl)cc2)CC1=O)N1CCN(C(c2ccccc2)c2ccccc2)CC1. The first-order valence-electron chi connectivity index (χ1n) is 12.5. The Bertz CT molecular complexity index is 1130. The molecule has 2 aliphatic rings. The van der Waals surface area contributed by atoms with Crippen molar-refractivity contribution in [2.75, 3.05) is 39.4 Å². The molecule has 0 aromatic heterocycles. The van der Waals surface area contributed by atoms with Crippen LogP contribution in [-0.2, 0) is 9.59 Å². The summed E-state index contributed by atoms with van der Waals surface area (Å²) in [4.78, 5) is 31.8. The van der Waals surface area contributed by atoms with E-state index in [1.165, 1.54) is 11.1 Å². The largest absolute Gasteiger partial charge is 0.339 e. The lowest BCUT2D eigenvalue weighted by atomic mass is 9.96. The van der Waals surface area contributed by atoms with Gasteiger partial charge in [0.25, 0.3) is 0 Å². The first kappa shape index (κ1) is 24.5. The summed E-state index contributed by atoms with van der Waals surface area (Å²) in [6.07, 6.45) is 0.332. The molecular formula is C29H31ClN4O2. The van der Waals surface area contributed by atoms with E-state index < -0.39 is 0 Å². The van der Waals surface area contributed by atoms with Crippen molar-refractivity contribution in [3.8, 4) is 0 Å². The molecule has 1 atom stereocenters.